The van der Waals surface area contributed by atoms with Crippen molar-refractivity contribution in [3.63, 3.8) is 0 Å². The van der Waals surface area contributed by atoms with Crippen molar-refractivity contribution in [3.8, 4) is 11.5 Å². The van der Waals surface area contributed by atoms with E-state index >= 15 is 0 Å². The van der Waals surface area contributed by atoms with Crippen LogP contribution in [-0.4, -0.2) is 63.4 Å². The summed E-state index contributed by atoms with van der Waals surface area (Å²) >= 11 is 5.90. The van der Waals surface area contributed by atoms with Gasteiger partial charge >= 0.3 is 12.1 Å². The van der Waals surface area contributed by atoms with Crippen molar-refractivity contribution >= 4 is 46.1 Å². The van der Waals surface area contributed by atoms with Crippen LogP contribution in [0, 0.1) is 5.82 Å². The summed E-state index contributed by atoms with van der Waals surface area (Å²) < 4.78 is 31.5. The molecule has 196 valence electrons. The van der Waals surface area contributed by atoms with Gasteiger partial charge in [0.1, 0.15) is 29.9 Å². The molecule has 0 bridgehead atoms. The highest BCUT2D eigenvalue weighted by molar-refractivity contribution is 6.31. The van der Waals surface area contributed by atoms with E-state index in [0.29, 0.717) is 22.5 Å². The van der Waals surface area contributed by atoms with E-state index < -0.39 is 35.6 Å². The predicted octanol–water partition coefficient (Wildman–Crippen LogP) is 5.02. The number of benzene rings is 2. The third-order valence-electron chi connectivity index (χ3n) is 5.59. The van der Waals surface area contributed by atoms with Crippen LogP contribution in [0.2, 0.25) is 5.02 Å². The Morgan fingerprint density at radius 3 is 2.65 bits per heavy atom. The molecule has 2 atom stereocenters. The number of carbonyl (C=O) groups is 2. The van der Waals surface area contributed by atoms with E-state index in [2.05, 4.69) is 15.3 Å². The average Bonchev–Trinajstić information content (AvgIpc) is 3.25. The second kappa shape index (κ2) is 10.3. The first-order chi connectivity index (χ1) is 17.5. The third kappa shape index (κ3) is 5.77. The smallest absolute Gasteiger partial charge is 0.411 e. The lowest BCUT2D eigenvalue weighted by Crippen LogP contribution is -2.43. The van der Waals surface area contributed by atoms with E-state index in [1.807, 2.05) is 0 Å². The molecule has 2 heterocycles. The minimum Gasteiger partial charge on any atom is -0.493 e. The molecule has 1 fully saturated rings. The number of likely N-dealkylation sites (tertiary alicyclic amines) is 1. The molecule has 4 rings (SSSR count). The molecule has 1 amide bonds. The zero-order chi connectivity index (χ0) is 26.9. The van der Waals surface area contributed by atoms with Crippen LogP contribution in [0.5, 0.6) is 11.5 Å². The number of rotatable bonds is 6. The van der Waals surface area contributed by atoms with E-state index in [9.17, 15) is 19.1 Å². The summed E-state index contributed by atoms with van der Waals surface area (Å²) in [5.74, 6) is -0.878. The number of ether oxygens (including phenoxy) is 3. The molecule has 0 saturated carbocycles. The number of fused-ring (bicyclic) bond motifs is 1. The summed E-state index contributed by atoms with van der Waals surface area (Å²) in [6.45, 7) is 5.10. The molecule has 1 aliphatic rings. The largest absolute Gasteiger partial charge is 0.493 e. The second-order valence-corrected chi connectivity index (χ2v) is 9.84. The van der Waals surface area contributed by atoms with E-state index in [4.69, 9.17) is 25.8 Å². The maximum atomic E-state index is 14.5. The SMILES string of the molecule is COc1cc2ncnc(Nc3cccc(Cl)c3F)c2cc1OC1C[C@@H](C(=O)O)N(C(=O)OC(C)(C)C)C1. The fraction of sp³-hybridized carbons (Fsp3) is 0.360. The highest BCUT2D eigenvalue weighted by Gasteiger charge is 2.43. The van der Waals surface area contributed by atoms with Gasteiger partial charge in [0.2, 0.25) is 0 Å². The summed E-state index contributed by atoms with van der Waals surface area (Å²) in [6.07, 6.45) is -0.0357. The number of hydrogen-bond donors (Lipinski definition) is 2. The van der Waals surface area contributed by atoms with Crippen molar-refractivity contribution in [2.45, 2.75) is 44.9 Å². The Hall–Kier alpha value is -3.86. The van der Waals surface area contributed by atoms with Gasteiger partial charge in [-0.3, -0.25) is 4.90 Å². The molecule has 12 heteroatoms. The molecule has 1 saturated heterocycles. The maximum absolute atomic E-state index is 14.5. The fourth-order valence-corrected chi connectivity index (χ4v) is 4.14. The van der Waals surface area contributed by atoms with Gasteiger partial charge in [0, 0.05) is 17.9 Å². The Labute approximate surface area is 217 Å². The Morgan fingerprint density at radius 2 is 1.97 bits per heavy atom. The molecule has 37 heavy (non-hydrogen) atoms. The number of anilines is 2. The topological polar surface area (TPSA) is 123 Å². The van der Waals surface area contributed by atoms with Crippen LogP contribution in [0.15, 0.2) is 36.7 Å². The predicted molar refractivity (Wildman–Crippen MR) is 134 cm³/mol. The van der Waals surface area contributed by atoms with Crippen LogP contribution >= 0.6 is 11.6 Å². The molecule has 0 spiro atoms. The van der Waals surface area contributed by atoms with Crippen LogP contribution in [0.1, 0.15) is 27.2 Å². The van der Waals surface area contributed by atoms with Gasteiger partial charge < -0.3 is 24.6 Å². The van der Waals surface area contributed by atoms with Gasteiger partial charge in [-0.05, 0) is 39.0 Å². The number of aromatic nitrogens is 2. The van der Waals surface area contributed by atoms with E-state index in [1.54, 1.807) is 39.0 Å². The molecule has 0 aliphatic carbocycles. The number of amides is 1. The quantitative estimate of drug-likeness (QED) is 0.450. The average molecular weight is 533 g/mol. The lowest BCUT2D eigenvalue weighted by molar-refractivity contribution is -0.142. The first-order valence-corrected chi connectivity index (χ1v) is 11.8. The number of nitrogens with zero attached hydrogens (tertiary/aromatic N) is 3. The molecule has 0 radical (unpaired) electrons. The van der Waals surface area contributed by atoms with Crippen LogP contribution in [-0.2, 0) is 9.53 Å². The fourth-order valence-electron chi connectivity index (χ4n) is 3.96. The van der Waals surface area contributed by atoms with Crippen molar-refractivity contribution < 1.29 is 33.3 Å². The van der Waals surface area contributed by atoms with Crippen molar-refractivity contribution in [2.75, 3.05) is 19.0 Å². The first kappa shape index (κ1) is 26.2. The van der Waals surface area contributed by atoms with Gasteiger partial charge in [-0.15, -0.1) is 0 Å². The summed E-state index contributed by atoms with van der Waals surface area (Å²) in [5.41, 5.74) is -0.166. The molecule has 1 aliphatic heterocycles. The summed E-state index contributed by atoms with van der Waals surface area (Å²) in [7, 11) is 1.46. The number of carboxylic acid groups (broad SMARTS) is 1. The Balaban J connectivity index is 1.64. The molecular formula is C25H26ClFN4O6. The molecule has 3 aromatic rings. The highest BCUT2D eigenvalue weighted by atomic mass is 35.5. The van der Waals surface area contributed by atoms with Crippen LogP contribution < -0.4 is 14.8 Å². The number of aliphatic carboxylic acids is 1. The third-order valence-corrected chi connectivity index (χ3v) is 5.89. The summed E-state index contributed by atoms with van der Waals surface area (Å²) in [6, 6.07) is 6.68. The maximum Gasteiger partial charge on any atom is 0.411 e. The van der Waals surface area contributed by atoms with Gasteiger partial charge in [-0.25, -0.2) is 23.9 Å². The number of nitrogens with one attached hydrogen (secondary N) is 1. The molecule has 10 nitrogen and oxygen atoms in total. The number of methoxy groups -OCH3 is 1. The standard InChI is InChI=1S/C25H26ClFN4O6/c1-25(2,3)37-24(34)31-11-13(8-18(31)23(32)33)36-20-9-14-17(10-19(20)35-4)28-12-29-22(14)30-16-7-5-6-15(26)21(16)27/h5-7,9-10,12-13,18H,8,11H2,1-4H3,(H,32,33)(H,28,29,30)/t13?,18-/m0/s1. The van der Waals surface area contributed by atoms with E-state index in [-0.39, 0.29) is 29.4 Å². The van der Waals surface area contributed by atoms with Crippen molar-refractivity contribution in [2.24, 2.45) is 0 Å². The Kier molecular flexibility index (Phi) is 7.26. The minimum absolute atomic E-state index is 0.00278. The van der Waals surface area contributed by atoms with Crippen LogP contribution in [0.25, 0.3) is 10.9 Å². The molecule has 2 aromatic carbocycles. The zero-order valence-corrected chi connectivity index (χ0v) is 21.4. The Bertz CT molecular complexity index is 1350. The van der Waals surface area contributed by atoms with Gasteiger partial charge in [0.25, 0.3) is 0 Å². The normalized spacial score (nSPS) is 17.5. The lowest BCUT2D eigenvalue weighted by Gasteiger charge is -2.26. The van der Waals surface area contributed by atoms with Gasteiger partial charge in [-0.1, -0.05) is 17.7 Å². The highest BCUT2D eigenvalue weighted by Crippen LogP contribution is 2.37. The van der Waals surface area contributed by atoms with Gasteiger partial charge in [-0.2, -0.15) is 0 Å². The van der Waals surface area contributed by atoms with Crippen molar-refractivity contribution in [1.29, 1.82) is 0 Å². The first-order valence-electron chi connectivity index (χ1n) is 11.4. The second-order valence-electron chi connectivity index (χ2n) is 9.43. The molecular weight excluding hydrogens is 507 g/mol. The van der Waals surface area contributed by atoms with Crippen LogP contribution in [0.4, 0.5) is 20.7 Å². The zero-order valence-electron chi connectivity index (χ0n) is 20.6. The van der Waals surface area contributed by atoms with Crippen LogP contribution in [0.3, 0.4) is 0 Å². The van der Waals surface area contributed by atoms with E-state index in [0.717, 1.165) is 4.90 Å². The minimum atomic E-state index is -1.16. The molecule has 1 unspecified atom stereocenters. The lowest BCUT2D eigenvalue weighted by atomic mass is 10.1. The Morgan fingerprint density at radius 1 is 1.22 bits per heavy atom. The van der Waals surface area contributed by atoms with Crippen molar-refractivity contribution in [1.82, 2.24) is 14.9 Å². The number of halogens is 2. The summed E-state index contributed by atoms with van der Waals surface area (Å²) in [4.78, 5) is 34.1. The molecule has 1 aromatic heterocycles. The number of carbonyl (C=O) groups excluding carboxylic acids is 1. The molecule has 2 N–H and O–H groups in total. The van der Waals surface area contributed by atoms with E-state index in [1.165, 1.54) is 25.6 Å². The summed E-state index contributed by atoms with van der Waals surface area (Å²) in [5, 5.41) is 13.1. The number of carboxylic acids is 1. The number of hydrogen-bond acceptors (Lipinski definition) is 8. The van der Waals surface area contributed by atoms with Gasteiger partial charge in [0.05, 0.1) is 29.9 Å². The van der Waals surface area contributed by atoms with Gasteiger partial charge in [0.15, 0.2) is 17.3 Å². The monoisotopic (exact) mass is 532 g/mol. The van der Waals surface area contributed by atoms with Crippen molar-refractivity contribution in [3.05, 3.63) is 47.5 Å².